The molecular weight excluding hydrogens is 296 g/mol. The molecule has 0 spiro atoms. The average molecular weight is 321 g/mol. The summed E-state index contributed by atoms with van der Waals surface area (Å²) in [6.45, 7) is 9.69. The van der Waals surface area contributed by atoms with Crippen molar-refractivity contribution in [2.45, 2.75) is 39.0 Å². The van der Waals surface area contributed by atoms with Crippen molar-refractivity contribution in [3.63, 3.8) is 0 Å². The van der Waals surface area contributed by atoms with Crippen LogP contribution in [0.5, 0.6) is 0 Å². The first-order chi connectivity index (χ1) is 8.88. The van der Waals surface area contributed by atoms with Crippen LogP contribution < -0.4 is 10.0 Å². The average Bonchev–Trinajstić information content (AvgIpc) is 2.26. The lowest BCUT2D eigenvalue weighted by Gasteiger charge is -2.13. The smallest absolute Gasteiger partial charge is 0.241 e. The maximum absolute atomic E-state index is 12.3. The first kappa shape index (κ1) is 19.4. The molecule has 1 aromatic carbocycles. The number of benzene rings is 1. The zero-order chi connectivity index (χ0) is 14.5. The third-order valence-corrected chi connectivity index (χ3v) is 4.66. The second kappa shape index (κ2) is 8.62. The molecule has 0 heterocycles. The number of hydrogen-bond donors (Lipinski definition) is 2. The van der Waals surface area contributed by atoms with E-state index >= 15 is 0 Å². The van der Waals surface area contributed by atoms with Crippen molar-refractivity contribution >= 4 is 22.4 Å². The fraction of sp³-hybridized carbons (Fsp3) is 0.571. The molecule has 0 aromatic heterocycles. The summed E-state index contributed by atoms with van der Waals surface area (Å²) in [7, 11) is -3.42. The van der Waals surface area contributed by atoms with Gasteiger partial charge in [-0.25, -0.2) is 13.1 Å². The Hall–Kier alpha value is -0.620. The summed E-state index contributed by atoms with van der Waals surface area (Å²) in [5.74, 6) is 0. The van der Waals surface area contributed by atoms with E-state index in [1.807, 2.05) is 32.9 Å². The van der Waals surface area contributed by atoms with Crippen LogP contribution in [0.1, 0.15) is 30.0 Å². The molecular formula is C14H25ClN2O2S. The molecule has 0 atom stereocenters. The summed E-state index contributed by atoms with van der Waals surface area (Å²) in [4.78, 5) is 0.411. The van der Waals surface area contributed by atoms with Crippen molar-refractivity contribution in [2.75, 3.05) is 19.6 Å². The zero-order valence-corrected chi connectivity index (χ0v) is 14.2. The molecule has 0 aliphatic carbocycles. The quantitative estimate of drug-likeness (QED) is 0.758. The maximum Gasteiger partial charge on any atom is 0.241 e. The number of halogens is 1. The van der Waals surface area contributed by atoms with Crippen molar-refractivity contribution in [3.8, 4) is 0 Å². The van der Waals surface area contributed by atoms with Crippen LogP contribution in [0.4, 0.5) is 0 Å². The van der Waals surface area contributed by atoms with Crippen LogP contribution in [-0.4, -0.2) is 28.1 Å². The van der Waals surface area contributed by atoms with Gasteiger partial charge in [0.2, 0.25) is 10.0 Å². The third-order valence-electron chi connectivity index (χ3n) is 2.89. The molecule has 0 unspecified atom stereocenters. The molecule has 20 heavy (non-hydrogen) atoms. The number of aryl methyl sites for hydroxylation is 3. The number of rotatable bonds is 7. The molecule has 0 bridgehead atoms. The van der Waals surface area contributed by atoms with Crippen LogP contribution in [-0.2, 0) is 10.0 Å². The minimum Gasteiger partial charge on any atom is -0.315 e. The van der Waals surface area contributed by atoms with Crippen molar-refractivity contribution in [1.82, 2.24) is 10.0 Å². The Labute approximate surface area is 128 Å². The van der Waals surface area contributed by atoms with Crippen LogP contribution in [0.15, 0.2) is 17.0 Å². The lowest BCUT2D eigenvalue weighted by atomic mass is 10.1. The van der Waals surface area contributed by atoms with Crippen molar-refractivity contribution in [1.29, 1.82) is 0 Å². The Balaban J connectivity index is 0.00000361. The maximum atomic E-state index is 12.3. The van der Waals surface area contributed by atoms with Gasteiger partial charge in [-0.05, 0) is 44.9 Å². The van der Waals surface area contributed by atoms with E-state index in [1.54, 1.807) is 0 Å². The molecule has 0 fully saturated rings. The van der Waals surface area contributed by atoms with Gasteiger partial charge in [0.1, 0.15) is 0 Å². The summed E-state index contributed by atoms with van der Waals surface area (Å²) in [6, 6.07) is 3.80. The van der Waals surface area contributed by atoms with E-state index in [-0.39, 0.29) is 12.4 Å². The van der Waals surface area contributed by atoms with Gasteiger partial charge in [-0.15, -0.1) is 12.4 Å². The summed E-state index contributed by atoms with van der Waals surface area (Å²) >= 11 is 0. The van der Waals surface area contributed by atoms with E-state index in [4.69, 9.17) is 0 Å². The molecule has 0 aliphatic heterocycles. The van der Waals surface area contributed by atoms with Gasteiger partial charge in [0, 0.05) is 13.1 Å². The minimum atomic E-state index is -3.42. The molecule has 0 amide bonds. The first-order valence-electron chi connectivity index (χ1n) is 6.66. The van der Waals surface area contributed by atoms with Crippen molar-refractivity contribution in [3.05, 3.63) is 28.8 Å². The Morgan fingerprint density at radius 1 is 1.00 bits per heavy atom. The summed E-state index contributed by atoms with van der Waals surface area (Å²) in [6.07, 6.45) is 1.04. The zero-order valence-electron chi connectivity index (χ0n) is 12.6. The largest absolute Gasteiger partial charge is 0.315 e. The monoisotopic (exact) mass is 320 g/mol. The van der Waals surface area contributed by atoms with Crippen molar-refractivity contribution < 1.29 is 8.42 Å². The molecule has 0 saturated carbocycles. The van der Waals surface area contributed by atoms with Crippen molar-refractivity contribution in [2.24, 2.45) is 0 Å². The molecule has 2 N–H and O–H groups in total. The Kier molecular flexibility index (Phi) is 8.35. The van der Waals surface area contributed by atoms with Crippen LogP contribution in [0.25, 0.3) is 0 Å². The van der Waals surface area contributed by atoms with E-state index in [0.717, 1.165) is 29.7 Å². The van der Waals surface area contributed by atoms with E-state index in [1.165, 1.54) is 0 Å². The summed E-state index contributed by atoms with van der Waals surface area (Å²) < 4.78 is 27.2. The van der Waals surface area contributed by atoms with Gasteiger partial charge in [-0.2, -0.15) is 0 Å². The lowest BCUT2D eigenvalue weighted by molar-refractivity contribution is 0.574. The van der Waals surface area contributed by atoms with Gasteiger partial charge >= 0.3 is 0 Å². The summed E-state index contributed by atoms with van der Waals surface area (Å²) in [5, 5.41) is 3.17. The minimum absolute atomic E-state index is 0. The van der Waals surface area contributed by atoms with E-state index in [9.17, 15) is 8.42 Å². The summed E-state index contributed by atoms with van der Waals surface area (Å²) in [5.41, 5.74) is 2.68. The highest BCUT2D eigenvalue weighted by Crippen LogP contribution is 2.21. The lowest BCUT2D eigenvalue weighted by Crippen LogP contribution is -2.32. The van der Waals surface area contributed by atoms with Gasteiger partial charge < -0.3 is 5.32 Å². The predicted molar refractivity (Wildman–Crippen MR) is 86.3 cm³/mol. The number of nitrogens with one attached hydrogen (secondary N) is 2. The fourth-order valence-electron chi connectivity index (χ4n) is 2.24. The predicted octanol–water partition coefficient (Wildman–Crippen LogP) is 2.31. The second-order valence-electron chi connectivity index (χ2n) is 4.88. The SMILES string of the molecule is CCCNCCNS(=O)(=O)c1c(C)cc(C)cc1C.Cl. The highest BCUT2D eigenvalue weighted by molar-refractivity contribution is 7.89. The third kappa shape index (κ3) is 5.40. The number of hydrogen-bond acceptors (Lipinski definition) is 3. The van der Waals surface area contributed by atoms with E-state index < -0.39 is 10.0 Å². The molecule has 0 aliphatic rings. The Morgan fingerprint density at radius 2 is 1.55 bits per heavy atom. The molecule has 0 saturated heterocycles. The topological polar surface area (TPSA) is 58.2 Å². The Morgan fingerprint density at radius 3 is 2.05 bits per heavy atom. The molecule has 116 valence electrons. The van der Waals surface area contributed by atoms with E-state index in [0.29, 0.717) is 18.0 Å². The van der Waals surface area contributed by atoms with Gasteiger partial charge in [-0.1, -0.05) is 24.6 Å². The van der Waals surface area contributed by atoms with Crippen LogP contribution in [0.2, 0.25) is 0 Å². The first-order valence-corrected chi connectivity index (χ1v) is 8.15. The van der Waals surface area contributed by atoms with Gasteiger partial charge in [0.25, 0.3) is 0 Å². The van der Waals surface area contributed by atoms with Gasteiger partial charge in [0.15, 0.2) is 0 Å². The number of sulfonamides is 1. The highest BCUT2D eigenvalue weighted by Gasteiger charge is 2.18. The standard InChI is InChI=1S/C14H24N2O2S.ClH/c1-5-6-15-7-8-16-19(17,18)14-12(3)9-11(2)10-13(14)4;/h9-10,15-16H,5-8H2,1-4H3;1H. The molecule has 1 rings (SSSR count). The fourth-order valence-corrected chi connectivity index (χ4v) is 3.72. The molecule has 0 radical (unpaired) electrons. The Bertz CT molecular complexity index is 507. The van der Waals surface area contributed by atoms with Gasteiger partial charge in [-0.3, -0.25) is 0 Å². The molecule has 6 heteroatoms. The van der Waals surface area contributed by atoms with Crippen LogP contribution in [0, 0.1) is 20.8 Å². The van der Waals surface area contributed by atoms with E-state index in [2.05, 4.69) is 17.0 Å². The van der Waals surface area contributed by atoms with Crippen LogP contribution in [0.3, 0.4) is 0 Å². The normalized spacial score (nSPS) is 11.2. The van der Waals surface area contributed by atoms with Gasteiger partial charge in [0.05, 0.1) is 4.90 Å². The second-order valence-corrected chi connectivity index (χ2v) is 6.58. The molecule has 4 nitrogen and oxygen atoms in total. The molecule has 1 aromatic rings. The highest BCUT2D eigenvalue weighted by atomic mass is 35.5. The van der Waals surface area contributed by atoms with Crippen LogP contribution >= 0.6 is 12.4 Å².